The van der Waals surface area contributed by atoms with E-state index in [-0.39, 0.29) is 0 Å². The summed E-state index contributed by atoms with van der Waals surface area (Å²) >= 11 is 6.02. The van der Waals surface area contributed by atoms with Gasteiger partial charge in [-0.2, -0.15) is 0 Å². The van der Waals surface area contributed by atoms with E-state index in [4.69, 9.17) is 17.3 Å². The number of rotatable bonds is 3. The fraction of sp³-hybridized carbons (Fsp3) is 0.300. The molecular weight excluding hydrogens is 212 g/mol. The lowest BCUT2D eigenvalue weighted by Gasteiger charge is -2.01. The molecule has 0 radical (unpaired) electrons. The van der Waals surface area contributed by atoms with Crippen molar-refractivity contribution >= 4 is 22.8 Å². The van der Waals surface area contributed by atoms with E-state index in [0.29, 0.717) is 10.8 Å². The molecule has 0 saturated carbocycles. The first-order valence-electron chi connectivity index (χ1n) is 4.79. The smallest absolute Gasteiger partial charge is 0.155 e. The third-order valence-corrected chi connectivity index (χ3v) is 2.57. The van der Waals surface area contributed by atoms with Gasteiger partial charge in [0.1, 0.15) is 5.82 Å². The Morgan fingerprint density at radius 1 is 1.60 bits per heavy atom. The second-order valence-electron chi connectivity index (χ2n) is 3.39. The maximum atomic E-state index is 6.02. The van der Waals surface area contributed by atoms with Crippen LogP contribution in [0.1, 0.15) is 5.82 Å². The molecule has 0 bridgehead atoms. The largest absolute Gasteiger partial charge is 0.399 e. The molecule has 0 unspecified atom stereocenters. The van der Waals surface area contributed by atoms with E-state index in [1.54, 1.807) is 0 Å². The quantitative estimate of drug-likeness (QED) is 0.827. The number of likely N-dealkylation sites (N-methyl/N-ethyl adjacent to an activating group) is 1. The third kappa shape index (κ3) is 1.91. The summed E-state index contributed by atoms with van der Waals surface area (Å²) in [5, 5.41) is 3.59. The Morgan fingerprint density at radius 2 is 2.40 bits per heavy atom. The highest BCUT2D eigenvalue weighted by Crippen LogP contribution is 2.20. The third-order valence-electron chi connectivity index (χ3n) is 2.29. The number of nitrogens with two attached hydrogens (primary N) is 1. The Bertz CT molecular complexity index is 477. The standard InChI is InChI=1S/C10H13ClN4/c1-13-4-2-9-14-10(11)8-6-7(12)3-5-15(8)9/h3,5-6,13H,2,4,12H2,1H3. The monoisotopic (exact) mass is 224 g/mol. The Kier molecular flexibility index (Phi) is 2.79. The van der Waals surface area contributed by atoms with Crippen molar-refractivity contribution in [3.8, 4) is 0 Å². The van der Waals surface area contributed by atoms with Gasteiger partial charge in [0.25, 0.3) is 0 Å². The summed E-state index contributed by atoms with van der Waals surface area (Å²) in [6.45, 7) is 0.875. The minimum Gasteiger partial charge on any atom is -0.399 e. The van der Waals surface area contributed by atoms with E-state index < -0.39 is 0 Å². The van der Waals surface area contributed by atoms with Gasteiger partial charge in [-0.1, -0.05) is 11.6 Å². The molecule has 0 saturated heterocycles. The fourth-order valence-corrected chi connectivity index (χ4v) is 1.78. The molecule has 5 heteroatoms. The molecule has 0 aromatic carbocycles. The average Bonchev–Trinajstić information content (AvgIpc) is 2.53. The zero-order valence-corrected chi connectivity index (χ0v) is 9.25. The van der Waals surface area contributed by atoms with Crippen molar-refractivity contribution in [1.29, 1.82) is 0 Å². The number of fused-ring (bicyclic) bond motifs is 1. The number of halogens is 1. The first-order valence-corrected chi connectivity index (χ1v) is 5.16. The topological polar surface area (TPSA) is 55.3 Å². The number of nitrogens with one attached hydrogen (secondary N) is 1. The zero-order valence-electron chi connectivity index (χ0n) is 8.50. The molecule has 0 aliphatic rings. The summed E-state index contributed by atoms with van der Waals surface area (Å²) in [7, 11) is 1.91. The lowest BCUT2D eigenvalue weighted by Crippen LogP contribution is -2.12. The van der Waals surface area contributed by atoms with Crippen LogP contribution in [0.5, 0.6) is 0 Å². The number of anilines is 1. The number of hydrogen-bond donors (Lipinski definition) is 2. The van der Waals surface area contributed by atoms with Gasteiger partial charge in [0.05, 0.1) is 5.52 Å². The number of aromatic nitrogens is 2. The summed E-state index contributed by atoms with van der Waals surface area (Å²) in [6.07, 6.45) is 2.74. The maximum Gasteiger partial charge on any atom is 0.155 e. The molecule has 3 N–H and O–H groups in total. The van der Waals surface area contributed by atoms with Gasteiger partial charge in [-0.25, -0.2) is 4.98 Å². The van der Waals surface area contributed by atoms with E-state index >= 15 is 0 Å². The summed E-state index contributed by atoms with van der Waals surface area (Å²) < 4.78 is 1.97. The molecule has 0 atom stereocenters. The Labute approximate surface area is 93.1 Å². The molecule has 15 heavy (non-hydrogen) atoms. The van der Waals surface area contributed by atoms with Crippen LogP contribution in [0.2, 0.25) is 5.15 Å². The summed E-state index contributed by atoms with van der Waals surface area (Å²) in [5.41, 5.74) is 7.25. The van der Waals surface area contributed by atoms with Crippen LogP contribution in [0, 0.1) is 0 Å². The highest BCUT2D eigenvalue weighted by atomic mass is 35.5. The van der Waals surface area contributed by atoms with E-state index in [9.17, 15) is 0 Å². The van der Waals surface area contributed by atoms with E-state index in [1.807, 2.05) is 29.8 Å². The molecule has 2 aromatic heterocycles. The number of pyridine rings is 1. The average molecular weight is 225 g/mol. The van der Waals surface area contributed by atoms with Gasteiger partial charge >= 0.3 is 0 Å². The molecule has 0 amide bonds. The molecule has 80 valence electrons. The van der Waals surface area contributed by atoms with Crippen LogP contribution in [0.3, 0.4) is 0 Å². The summed E-state index contributed by atoms with van der Waals surface area (Å²) in [6, 6.07) is 3.67. The Hall–Kier alpha value is -1.26. The first kappa shape index (κ1) is 10.3. The summed E-state index contributed by atoms with van der Waals surface area (Å²) in [5.74, 6) is 0.948. The highest BCUT2D eigenvalue weighted by molar-refractivity contribution is 6.32. The maximum absolute atomic E-state index is 6.02. The molecule has 0 fully saturated rings. The highest BCUT2D eigenvalue weighted by Gasteiger charge is 2.08. The number of hydrogen-bond acceptors (Lipinski definition) is 3. The fourth-order valence-electron chi connectivity index (χ4n) is 1.54. The Balaban J connectivity index is 2.48. The van der Waals surface area contributed by atoms with Crippen LogP contribution in [-0.4, -0.2) is 23.0 Å². The second-order valence-corrected chi connectivity index (χ2v) is 3.75. The van der Waals surface area contributed by atoms with Crippen molar-refractivity contribution in [3.05, 3.63) is 29.3 Å². The van der Waals surface area contributed by atoms with Crippen molar-refractivity contribution in [2.45, 2.75) is 6.42 Å². The lowest BCUT2D eigenvalue weighted by molar-refractivity contribution is 0.753. The normalized spacial score (nSPS) is 11.1. The van der Waals surface area contributed by atoms with Crippen LogP contribution < -0.4 is 11.1 Å². The molecule has 0 aliphatic heterocycles. The predicted molar refractivity (Wildman–Crippen MR) is 62.2 cm³/mol. The van der Waals surface area contributed by atoms with Crippen molar-refractivity contribution in [3.63, 3.8) is 0 Å². The van der Waals surface area contributed by atoms with Crippen molar-refractivity contribution in [2.24, 2.45) is 0 Å². The van der Waals surface area contributed by atoms with Crippen LogP contribution in [-0.2, 0) is 6.42 Å². The van der Waals surface area contributed by atoms with Gasteiger partial charge in [-0.3, -0.25) is 0 Å². The van der Waals surface area contributed by atoms with E-state index in [1.165, 1.54) is 0 Å². The minimum atomic E-state index is 0.508. The molecule has 2 rings (SSSR count). The van der Waals surface area contributed by atoms with Crippen molar-refractivity contribution in [2.75, 3.05) is 19.3 Å². The first-order chi connectivity index (χ1) is 7.22. The number of nitrogen functional groups attached to an aromatic ring is 1. The number of nitrogens with zero attached hydrogens (tertiary/aromatic N) is 2. The Morgan fingerprint density at radius 3 is 3.13 bits per heavy atom. The van der Waals surface area contributed by atoms with Gasteiger partial charge in [0, 0.05) is 24.8 Å². The number of imidazole rings is 1. The van der Waals surface area contributed by atoms with Crippen LogP contribution in [0.4, 0.5) is 5.69 Å². The van der Waals surface area contributed by atoms with Crippen LogP contribution in [0.25, 0.3) is 5.52 Å². The van der Waals surface area contributed by atoms with Crippen LogP contribution in [0.15, 0.2) is 18.3 Å². The summed E-state index contributed by atoms with van der Waals surface area (Å²) in [4.78, 5) is 4.30. The van der Waals surface area contributed by atoms with Gasteiger partial charge in [0.15, 0.2) is 5.15 Å². The van der Waals surface area contributed by atoms with Gasteiger partial charge in [-0.05, 0) is 19.2 Å². The van der Waals surface area contributed by atoms with Gasteiger partial charge in [0.2, 0.25) is 0 Å². The molecule has 4 nitrogen and oxygen atoms in total. The minimum absolute atomic E-state index is 0.508. The van der Waals surface area contributed by atoms with Crippen molar-refractivity contribution in [1.82, 2.24) is 14.7 Å². The van der Waals surface area contributed by atoms with Crippen LogP contribution >= 0.6 is 11.6 Å². The van der Waals surface area contributed by atoms with Gasteiger partial charge in [-0.15, -0.1) is 0 Å². The van der Waals surface area contributed by atoms with E-state index in [0.717, 1.165) is 24.3 Å². The van der Waals surface area contributed by atoms with Gasteiger partial charge < -0.3 is 15.5 Å². The molecule has 2 aromatic rings. The molecular formula is C10H13ClN4. The predicted octanol–water partition coefficient (Wildman–Crippen LogP) is 1.33. The SMILES string of the molecule is CNCCc1nc(Cl)c2cc(N)ccn12. The van der Waals surface area contributed by atoms with Crippen molar-refractivity contribution < 1.29 is 0 Å². The zero-order chi connectivity index (χ0) is 10.8. The molecule has 2 heterocycles. The molecule has 0 aliphatic carbocycles. The lowest BCUT2D eigenvalue weighted by atomic mass is 10.3. The second kappa shape index (κ2) is 4.08. The molecule has 0 spiro atoms. The van der Waals surface area contributed by atoms with E-state index in [2.05, 4.69) is 10.3 Å².